The topological polar surface area (TPSA) is 56.3 Å². The largest absolute Gasteiger partial charge is 0.497 e. The highest BCUT2D eigenvalue weighted by Gasteiger charge is 2.59. The first-order valence-electron chi connectivity index (χ1n) is 18.2. The number of carbonyl (C=O) groups excluding carboxylic acids is 2. The number of amides is 2. The Kier molecular flexibility index (Phi) is 8.35. The van der Waals surface area contributed by atoms with Gasteiger partial charge in [-0.15, -0.1) is 0 Å². The van der Waals surface area contributed by atoms with E-state index in [0.29, 0.717) is 43.9 Å². The number of piperidine rings is 1. The van der Waals surface area contributed by atoms with Gasteiger partial charge in [0.1, 0.15) is 5.75 Å². The van der Waals surface area contributed by atoms with Crippen LogP contribution in [0.25, 0.3) is 0 Å². The lowest BCUT2D eigenvalue weighted by molar-refractivity contribution is -0.143. The number of nitrogens with zero attached hydrogens (tertiary/aromatic N) is 4. The summed E-state index contributed by atoms with van der Waals surface area (Å²) in [6.45, 7) is 3.04. The molecule has 1 saturated carbocycles. The van der Waals surface area contributed by atoms with Gasteiger partial charge in [-0.2, -0.15) is 13.2 Å². The molecule has 1 aliphatic carbocycles. The summed E-state index contributed by atoms with van der Waals surface area (Å²) < 4.78 is 65.0. The molecule has 0 bridgehead atoms. The third-order valence-electron chi connectivity index (χ3n) is 12.7. The maximum Gasteiger partial charge on any atom is 0.416 e. The lowest BCUT2D eigenvalue weighted by atomic mass is 9.72. The molecule has 5 aliphatic heterocycles. The molecular formula is C38H46F4N4O3. The maximum absolute atomic E-state index is 17.8. The third kappa shape index (κ3) is 5.68. The second-order valence-corrected chi connectivity index (χ2v) is 15.3. The van der Waals surface area contributed by atoms with Crippen LogP contribution in [0.3, 0.4) is 0 Å². The van der Waals surface area contributed by atoms with Crippen LogP contribution in [0.4, 0.5) is 23.2 Å². The number of hydrogen-bond donors (Lipinski definition) is 0. The zero-order valence-corrected chi connectivity index (χ0v) is 28.1. The number of hydrogen-bond acceptors (Lipinski definition) is 5. The molecule has 0 radical (unpaired) electrons. The monoisotopic (exact) mass is 682 g/mol. The van der Waals surface area contributed by atoms with E-state index in [4.69, 9.17) is 4.74 Å². The molecule has 5 fully saturated rings. The predicted octanol–water partition coefficient (Wildman–Crippen LogP) is 6.23. The van der Waals surface area contributed by atoms with Gasteiger partial charge in [-0.3, -0.25) is 14.5 Å². The van der Waals surface area contributed by atoms with E-state index in [1.807, 2.05) is 29.2 Å². The minimum atomic E-state index is -4.49. The number of halogens is 4. The van der Waals surface area contributed by atoms with Crippen molar-refractivity contribution in [2.75, 3.05) is 57.8 Å². The molecular weight excluding hydrogens is 636 g/mol. The Hall–Kier alpha value is -3.34. The summed E-state index contributed by atoms with van der Waals surface area (Å²) >= 11 is 0. The van der Waals surface area contributed by atoms with Crippen LogP contribution in [0.2, 0.25) is 0 Å². The Bertz CT molecular complexity index is 1570. The van der Waals surface area contributed by atoms with Gasteiger partial charge in [-0.1, -0.05) is 31.0 Å². The van der Waals surface area contributed by atoms with Crippen LogP contribution in [0, 0.1) is 11.8 Å². The van der Waals surface area contributed by atoms with Crippen LogP contribution in [-0.4, -0.2) is 97.2 Å². The molecule has 0 aromatic heterocycles. The second kappa shape index (κ2) is 12.5. The van der Waals surface area contributed by atoms with E-state index >= 15 is 4.39 Å². The molecule has 11 heteroatoms. The van der Waals surface area contributed by atoms with Gasteiger partial charge in [0, 0.05) is 87.3 Å². The van der Waals surface area contributed by atoms with Crippen LogP contribution in [0.5, 0.6) is 5.75 Å². The smallest absolute Gasteiger partial charge is 0.416 e. The number of anilines is 1. The molecule has 7 nitrogen and oxygen atoms in total. The molecule has 0 spiro atoms. The fourth-order valence-corrected chi connectivity index (χ4v) is 10.2. The van der Waals surface area contributed by atoms with Crippen LogP contribution >= 0.6 is 0 Å². The first kappa shape index (κ1) is 32.8. The number of carbonyl (C=O) groups is 2. The summed E-state index contributed by atoms with van der Waals surface area (Å²) in [5.74, 6) is -0.930. The predicted molar refractivity (Wildman–Crippen MR) is 177 cm³/mol. The minimum Gasteiger partial charge on any atom is -0.497 e. The number of rotatable bonds is 5. The Labute approximate surface area is 285 Å². The minimum absolute atomic E-state index is 0.0342. The lowest BCUT2D eigenvalue weighted by Crippen LogP contribution is -2.54. The number of ether oxygens (including phenoxy) is 1. The molecule has 2 amide bonds. The van der Waals surface area contributed by atoms with E-state index in [1.165, 1.54) is 6.07 Å². The van der Waals surface area contributed by atoms with E-state index in [1.54, 1.807) is 18.1 Å². The summed E-state index contributed by atoms with van der Waals surface area (Å²) in [7, 11) is 1.59. The first-order valence-corrected chi connectivity index (χ1v) is 18.2. The fraction of sp³-hybridized carbons (Fsp3) is 0.632. The molecule has 3 unspecified atom stereocenters. The zero-order valence-electron chi connectivity index (χ0n) is 28.1. The molecule has 8 rings (SSSR count). The van der Waals surface area contributed by atoms with Gasteiger partial charge in [0.05, 0.1) is 12.7 Å². The summed E-state index contributed by atoms with van der Waals surface area (Å²) in [6.07, 6.45) is 2.80. The van der Waals surface area contributed by atoms with Crippen molar-refractivity contribution in [3.05, 3.63) is 59.2 Å². The summed E-state index contributed by atoms with van der Waals surface area (Å²) in [5.41, 5.74) is -0.754. The third-order valence-corrected chi connectivity index (χ3v) is 12.7. The van der Waals surface area contributed by atoms with Crippen LogP contribution < -0.4 is 9.64 Å². The highest BCUT2D eigenvalue weighted by Crippen LogP contribution is 2.52. The molecule has 6 aliphatic rings. The van der Waals surface area contributed by atoms with Gasteiger partial charge in [-0.25, -0.2) is 4.39 Å². The van der Waals surface area contributed by atoms with Gasteiger partial charge in [0.15, 0.2) is 0 Å². The van der Waals surface area contributed by atoms with Gasteiger partial charge >= 0.3 is 6.18 Å². The normalized spacial score (nSPS) is 31.9. The highest BCUT2D eigenvalue weighted by molar-refractivity contribution is 5.88. The standard InChI is InChI=1S/C38H46F4N4O3/c1-49-28-11-8-24(9-12-28)32-22-45(27-6-2-3-7-27)23-37(32,39)36(48)44-20-30-29-13-10-26(38(40,41)42)19-34(29)46-17-14-25(18-33(46)31(30)21-44)35(47)43-15-4-5-16-43/h8-13,19,25,27,30-33H,2-7,14-18,20-23H2,1H3/t25?,30?,31-,32-,33?,37-/m0/s1. The van der Waals surface area contributed by atoms with Gasteiger partial charge in [0.25, 0.3) is 5.91 Å². The molecule has 49 heavy (non-hydrogen) atoms. The number of likely N-dealkylation sites (tertiary alicyclic amines) is 3. The fourth-order valence-electron chi connectivity index (χ4n) is 10.2. The SMILES string of the molecule is COc1ccc([C@@H]2CN(C3CCCC3)C[C@@]2(F)C(=O)N2CC3c4ccc(C(F)(F)F)cc4N4CCC(C(=O)N5CCCC5)CC4[C@H]3C2)cc1. The van der Waals surface area contributed by atoms with E-state index in [-0.39, 0.29) is 48.8 Å². The van der Waals surface area contributed by atoms with Crippen molar-refractivity contribution in [2.45, 2.75) is 87.1 Å². The second-order valence-electron chi connectivity index (χ2n) is 15.3. The van der Waals surface area contributed by atoms with Crippen LogP contribution in [0.15, 0.2) is 42.5 Å². The number of benzene rings is 2. The molecule has 4 saturated heterocycles. The molecule has 264 valence electrons. The average Bonchev–Trinajstić information content (AvgIpc) is 3.94. The van der Waals surface area contributed by atoms with E-state index < -0.39 is 29.2 Å². The highest BCUT2D eigenvalue weighted by atomic mass is 19.4. The van der Waals surface area contributed by atoms with Crippen LogP contribution in [-0.2, 0) is 15.8 Å². The molecule has 2 aromatic carbocycles. The Morgan fingerprint density at radius 2 is 1.61 bits per heavy atom. The first-order chi connectivity index (χ1) is 23.5. The van der Waals surface area contributed by atoms with Crippen molar-refractivity contribution in [1.29, 1.82) is 0 Å². The Morgan fingerprint density at radius 3 is 2.31 bits per heavy atom. The van der Waals surface area contributed by atoms with Crippen molar-refractivity contribution in [2.24, 2.45) is 11.8 Å². The van der Waals surface area contributed by atoms with E-state index in [0.717, 1.165) is 68.8 Å². The number of alkyl halides is 4. The van der Waals surface area contributed by atoms with Crippen molar-refractivity contribution >= 4 is 17.5 Å². The maximum atomic E-state index is 17.8. The van der Waals surface area contributed by atoms with Crippen molar-refractivity contribution in [3.63, 3.8) is 0 Å². The quantitative estimate of drug-likeness (QED) is 0.351. The lowest BCUT2D eigenvalue weighted by Gasteiger charge is -2.49. The molecule has 2 aromatic rings. The van der Waals surface area contributed by atoms with E-state index in [2.05, 4.69) is 9.80 Å². The average molecular weight is 683 g/mol. The van der Waals surface area contributed by atoms with Crippen LogP contribution in [0.1, 0.15) is 79.9 Å². The number of fused-ring (bicyclic) bond motifs is 6. The zero-order chi connectivity index (χ0) is 34.1. The summed E-state index contributed by atoms with van der Waals surface area (Å²) in [5, 5.41) is 0. The summed E-state index contributed by atoms with van der Waals surface area (Å²) in [6, 6.07) is 11.3. The molecule has 0 N–H and O–H groups in total. The summed E-state index contributed by atoms with van der Waals surface area (Å²) in [4.78, 5) is 36.1. The van der Waals surface area contributed by atoms with Crippen molar-refractivity contribution in [1.82, 2.24) is 14.7 Å². The van der Waals surface area contributed by atoms with Gasteiger partial charge < -0.3 is 19.4 Å². The van der Waals surface area contributed by atoms with Crippen molar-refractivity contribution < 1.29 is 31.9 Å². The molecule has 6 atom stereocenters. The Morgan fingerprint density at radius 1 is 0.878 bits per heavy atom. The Balaban J connectivity index is 1.11. The molecule has 5 heterocycles. The van der Waals surface area contributed by atoms with Crippen molar-refractivity contribution in [3.8, 4) is 5.75 Å². The van der Waals surface area contributed by atoms with Gasteiger partial charge in [0.2, 0.25) is 11.6 Å². The number of methoxy groups -OCH3 is 1. The van der Waals surface area contributed by atoms with Gasteiger partial charge in [-0.05, 0) is 73.9 Å². The van der Waals surface area contributed by atoms with E-state index in [9.17, 15) is 22.8 Å².